The average Bonchev–Trinajstić information content (AvgIpc) is 2.75. The number of ether oxygens (including phenoxy) is 1. The van der Waals surface area contributed by atoms with Gasteiger partial charge in [0.15, 0.2) is 0 Å². The van der Waals surface area contributed by atoms with Crippen LogP contribution >= 0.6 is 23.4 Å². The third-order valence-corrected chi connectivity index (χ3v) is 7.34. The Hall–Kier alpha value is -1.78. The highest BCUT2D eigenvalue weighted by Gasteiger charge is 2.31. The number of hydrogen-bond donors (Lipinski definition) is 0. The van der Waals surface area contributed by atoms with Crippen LogP contribution in [0.4, 0.5) is 0 Å². The number of rotatable bonds is 6. The number of nitrogens with zero attached hydrogens (tertiary/aromatic N) is 1. The van der Waals surface area contributed by atoms with Crippen LogP contribution in [0.3, 0.4) is 0 Å². The van der Waals surface area contributed by atoms with Crippen LogP contribution in [0.2, 0.25) is 5.02 Å². The van der Waals surface area contributed by atoms with Gasteiger partial charge in [-0.25, -0.2) is 0 Å². The van der Waals surface area contributed by atoms with Crippen molar-refractivity contribution in [1.29, 1.82) is 0 Å². The Morgan fingerprint density at radius 1 is 1.00 bits per heavy atom. The monoisotopic (exact) mass is 423 g/mol. The Labute approximate surface area is 182 Å². The highest BCUT2D eigenvalue weighted by molar-refractivity contribution is 7.99. The van der Waals surface area contributed by atoms with Gasteiger partial charge in [-0.3, -0.25) is 4.90 Å². The van der Waals surface area contributed by atoms with Gasteiger partial charge in [-0.15, -0.1) is 11.8 Å². The summed E-state index contributed by atoms with van der Waals surface area (Å²) in [6.07, 6.45) is 0.107. The molecule has 0 saturated carbocycles. The van der Waals surface area contributed by atoms with Crippen LogP contribution in [-0.4, -0.2) is 30.7 Å². The molecule has 0 aliphatic carbocycles. The third-order valence-electron chi connectivity index (χ3n) is 5.30. The van der Waals surface area contributed by atoms with E-state index in [1.54, 1.807) is 0 Å². The maximum Gasteiger partial charge on any atom is 0.0865 e. The molecule has 0 radical (unpaired) electrons. The number of halogens is 1. The average molecular weight is 424 g/mol. The molecular weight excluding hydrogens is 398 g/mol. The van der Waals surface area contributed by atoms with Crippen molar-refractivity contribution in [1.82, 2.24) is 4.90 Å². The Morgan fingerprint density at radius 2 is 1.72 bits per heavy atom. The van der Waals surface area contributed by atoms with E-state index in [1.807, 2.05) is 23.9 Å². The molecule has 150 valence electrons. The Bertz CT molecular complexity index is 898. The van der Waals surface area contributed by atoms with Gasteiger partial charge in [0.25, 0.3) is 0 Å². The zero-order valence-corrected chi connectivity index (χ0v) is 18.2. The van der Waals surface area contributed by atoms with Gasteiger partial charge in [0.05, 0.1) is 23.0 Å². The fourth-order valence-electron chi connectivity index (χ4n) is 3.79. The molecule has 0 bridgehead atoms. The second kappa shape index (κ2) is 9.82. The van der Waals surface area contributed by atoms with Crippen LogP contribution in [-0.2, 0) is 11.3 Å². The molecule has 2 atom stereocenters. The summed E-state index contributed by atoms with van der Waals surface area (Å²) < 4.78 is 6.31. The standard InChI is InChI=1S/C25H26ClNOS/c1-19-9-8-14-22(26)24(19)29-25(21-12-6-3-7-13-21)23-18-27(15-16-28-23)17-20-10-4-2-5-11-20/h2-14,23,25H,15-18H2,1H3/t23-,25-/m1/s1. The fraction of sp³-hybridized carbons (Fsp3) is 0.280. The number of morpholine rings is 1. The molecule has 3 aromatic carbocycles. The summed E-state index contributed by atoms with van der Waals surface area (Å²) in [5, 5.41) is 1.00. The summed E-state index contributed by atoms with van der Waals surface area (Å²) in [7, 11) is 0. The van der Waals surface area contributed by atoms with Gasteiger partial charge in [0.1, 0.15) is 0 Å². The van der Waals surface area contributed by atoms with Gasteiger partial charge in [0.2, 0.25) is 0 Å². The van der Waals surface area contributed by atoms with Crippen molar-refractivity contribution in [2.45, 2.75) is 29.7 Å². The van der Waals surface area contributed by atoms with E-state index in [4.69, 9.17) is 16.3 Å². The minimum atomic E-state index is 0.107. The first-order valence-corrected chi connectivity index (χ1v) is 11.3. The van der Waals surface area contributed by atoms with E-state index in [2.05, 4.69) is 78.6 Å². The lowest BCUT2D eigenvalue weighted by Gasteiger charge is -2.37. The molecule has 1 heterocycles. The van der Waals surface area contributed by atoms with Crippen molar-refractivity contribution < 1.29 is 4.74 Å². The van der Waals surface area contributed by atoms with E-state index in [1.165, 1.54) is 16.7 Å². The molecule has 1 aliphatic rings. The van der Waals surface area contributed by atoms with Gasteiger partial charge in [-0.05, 0) is 29.7 Å². The fourth-order valence-corrected chi connectivity index (χ4v) is 5.45. The minimum absolute atomic E-state index is 0.107. The Balaban J connectivity index is 1.57. The normalized spacial score (nSPS) is 18.5. The lowest BCUT2D eigenvalue weighted by Crippen LogP contribution is -2.44. The van der Waals surface area contributed by atoms with E-state index in [0.717, 1.165) is 36.2 Å². The Morgan fingerprint density at radius 3 is 2.45 bits per heavy atom. The second-order valence-corrected chi connectivity index (χ2v) is 9.02. The van der Waals surface area contributed by atoms with Gasteiger partial charge >= 0.3 is 0 Å². The van der Waals surface area contributed by atoms with Crippen LogP contribution in [0.25, 0.3) is 0 Å². The SMILES string of the molecule is Cc1cccc(Cl)c1S[C@H](c1ccccc1)[C@H]1CN(Cc2ccccc2)CCO1. The minimum Gasteiger partial charge on any atom is -0.374 e. The van der Waals surface area contributed by atoms with Crippen LogP contribution in [0.15, 0.2) is 83.8 Å². The topological polar surface area (TPSA) is 12.5 Å². The summed E-state index contributed by atoms with van der Waals surface area (Å²) >= 11 is 8.39. The zero-order chi connectivity index (χ0) is 20.1. The molecule has 2 nitrogen and oxygen atoms in total. The number of hydrogen-bond acceptors (Lipinski definition) is 3. The highest BCUT2D eigenvalue weighted by Crippen LogP contribution is 2.44. The summed E-state index contributed by atoms with van der Waals surface area (Å²) in [5.74, 6) is 0. The van der Waals surface area contributed by atoms with E-state index >= 15 is 0 Å². The summed E-state index contributed by atoms with van der Waals surface area (Å²) in [5.41, 5.74) is 3.84. The lowest BCUT2D eigenvalue weighted by atomic mass is 10.1. The third kappa shape index (κ3) is 5.23. The quantitative estimate of drug-likeness (QED) is 0.426. The van der Waals surface area contributed by atoms with Crippen LogP contribution in [0.5, 0.6) is 0 Å². The van der Waals surface area contributed by atoms with Crippen molar-refractivity contribution in [3.8, 4) is 0 Å². The highest BCUT2D eigenvalue weighted by atomic mass is 35.5. The van der Waals surface area contributed by atoms with Crippen molar-refractivity contribution >= 4 is 23.4 Å². The smallest absolute Gasteiger partial charge is 0.0865 e. The van der Waals surface area contributed by atoms with E-state index < -0.39 is 0 Å². The lowest BCUT2D eigenvalue weighted by molar-refractivity contribution is -0.0319. The molecule has 0 aromatic heterocycles. The molecule has 0 amide bonds. The first-order valence-electron chi connectivity index (χ1n) is 10.1. The molecule has 3 aromatic rings. The molecule has 29 heavy (non-hydrogen) atoms. The largest absolute Gasteiger partial charge is 0.374 e. The summed E-state index contributed by atoms with van der Waals surface area (Å²) in [6.45, 7) is 5.70. The number of thioether (sulfide) groups is 1. The van der Waals surface area contributed by atoms with Gasteiger partial charge in [-0.2, -0.15) is 0 Å². The molecular formula is C25H26ClNOS. The second-order valence-electron chi connectivity index (χ2n) is 7.46. The predicted octanol–water partition coefficient (Wildman–Crippen LogP) is 6.38. The molecule has 0 unspecified atom stereocenters. The summed E-state index contributed by atoms with van der Waals surface area (Å²) in [6, 6.07) is 27.5. The van der Waals surface area contributed by atoms with E-state index in [-0.39, 0.29) is 11.4 Å². The van der Waals surface area contributed by atoms with Gasteiger partial charge in [0, 0.05) is 24.5 Å². The molecule has 4 heteroatoms. The van der Waals surface area contributed by atoms with Crippen molar-refractivity contribution in [2.24, 2.45) is 0 Å². The summed E-state index contributed by atoms with van der Waals surface area (Å²) in [4.78, 5) is 3.64. The molecule has 1 saturated heterocycles. The molecule has 4 rings (SSSR count). The van der Waals surface area contributed by atoms with Crippen molar-refractivity contribution in [2.75, 3.05) is 19.7 Å². The van der Waals surface area contributed by atoms with Crippen LogP contribution < -0.4 is 0 Å². The van der Waals surface area contributed by atoms with Gasteiger partial charge in [-0.1, -0.05) is 84.4 Å². The zero-order valence-electron chi connectivity index (χ0n) is 16.6. The Kier molecular flexibility index (Phi) is 6.94. The molecule has 0 spiro atoms. The number of benzene rings is 3. The van der Waals surface area contributed by atoms with E-state index in [0.29, 0.717) is 0 Å². The number of aryl methyl sites for hydroxylation is 1. The first kappa shape index (κ1) is 20.5. The van der Waals surface area contributed by atoms with Crippen LogP contribution in [0.1, 0.15) is 21.9 Å². The molecule has 1 fully saturated rings. The van der Waals surface area contributed by atoms with Crippen LogP contribution in [0, 0.1) is 6.92 Å². The maximum absolute atomic E-state index is 6.56. The molecule has 0 N–H and O–H groups in total. The van der Waals surface area contributed by atoms with Crippen molar-refractivity contribution in [3.05, 3.63) is 101 Å². The van der Waals surface area contributed by atoms with E-state index in [9.17, 15) is 0 Å². The van der Waals surface area contributed by atoms with Crippen molar-refractivity contribution in [3.63, 3.8) is 0 Å². The first-order chi connectivity index (χ1) is 14.2. The maximum atomic E-state index is 6.56. The van der Waals surface area contributed by atoms with Gasteiger partial charge < -0.3 is 4.74 Å². The molecule has 1 aliphatic heterocycles. The predicted molar refractivity (Wildman–Crippen MR) is 123 cm³/mol.